The molecule has 1 fully saturated rings. The van der Waals surface area contributed by atoms with Crippen LogP contribution in [-0.2, 0) is 0 Å². The van der Waals surface area contributed by atoms with Crippen molar-refractivity contribution in [3.05, 3.63) is 28.3 Å². The number of hydrogen-bond acceptors (Lipinski definition) is 5. The van der Waals surface area contributed by atoms with E-state index in [0.29, 0.717) is 12.2 Å². The fraction of sp³-hybridized carbons (Fsp3) is 0.500. The van der Waals surface area contributed by atoms with Crippen molar-refractivity contribution in [2.45, 2.75) is 13.0 Å². The Bertz CT molecular complexity index is 578. The van der Waals surface area contributed by atoms with Gasteiger partial charge in [0.1, 0.15) is 5.75 Å². The number of benzene rings is 1. The van der Waals surface area contributed by atoms with Gasteiger partial charge in [-0.15, -0.1) is 0 Å². The molecule has 1 heterocycles. The Kier molecular flexibility index (Phi) is 4.81. The number of urea groups is 1. The molecule has 0 aromatic heterocycles. The maximum Gasteiger partial charge on any atom is 0.322 e. The van der Waals surface area contributed by atoms with E-state index in [4.69, 9.17) is 4.74 Å². The van der Waals surface area contributed by atoms with E-state index in [1.165, 1.54) is 25.3 Å². The van der Waals surface area contributed by atoms with Gasteiger partial charge in [0.15, 0.2) is 0 Å². The van der Waals surface area contributed by atoms with E-state index in [1.807, 2.05) is 14.0 Å². The van der Waals surface area contributed by atoms with E-state index >= 15 is 0 Å². The molecule has 1 unspecified atom stereocenters. The van der Waals surface area contributed by atoms with Gasteiger partial charge in [-0.1, -0.05) is 0 Å². The molecule has 8 nitrogen and oxygen atoms in total. The van der Waals surface area contributed by atoms with E-state index in [-0.39, 0.29) is 23.5 Å². The maximum atomic E-state index is 12.4. The van der Waals surface area contributed by atoms with Crippen LogP contribution in [-0.4, -0.2) is 60.6 Å². The van der Waals surface area contributed by atoms with Crippen molar-refractivity contribution in [1.82, 2.24) is 9.80 Å². The Morgan fingerprint density at radius 1 is 1.45 bits per heavy atom. The number of nitrogens with zero attached hydrogens (tertiary/aromatic N) is 3. The van der Waals surface area contributed by atoms with Gasteiger partial charge in [-0.2, -0.15) is 0 Å². The fourth-order valence-electron chi connectivity index (χ4n) is 2.53. The monoisotopic (exact) mass is 308 g/mol. The zero-order valence-corrected chi connectivity index (χ0v) is 12.9. The number of ether oxygens (including phenoxy) is 1. The summed E-state index contributed by atoms with van der Waals surface area (Å²) in [4.78, 5) is 26.6. The molecule has 1 N–H and O–H groups in total. The molecule has 8 heteroatoms. The van der Waals surface area contributed by atoms with Crippen LogP contribution in [0.4, 0.5) is 16.2 Å². The minimum atomic E-state index is -0.503. The largest absolute Gasteiger partial charge is 0.494 e. The first kappa shape index (κ1) is 16.0. The highest BCUT2D eigenvalue weighted by molar-refractivity contribution is 5.91. The molecule has 0 saturated carbocycles. The first-order valence-electron chi connectivity index (χ1n) is 7.01. The second-order valence-electron chi connectivity index (χ2n) is 5.38. The van der Waals surface area contributed by atoms with E-state index < -0.39 is 4.92 Å². The second-order valence-corrected chi connectivity index (χ2v) is 5.38. The third kappa shape index (κ3) is 3.45. The average Bonchev–Trinajstić information content (AvgIpc) is 2.47. The third-order valence-corrected chi connectivity index (χ3v) is 3.73. The number of carbonyl (C=O) groups excluding carboxylic acids is 1. The van der Waals surface area contributed by atoms with Gasteiger partial charge in [0, 0.05) is 31.7 Å². The zero-order chi connectivity index (χ0) is 16.3. The van der Waals surface area contributed by atoms with Gasteiger partial charge in [0.25, 0.3) is 5.69 Å². The molecular weight excluding hydrogens is 288 g/mol. The number of nitrogens with one attached hydrogen (secondary N) is 1. The standard InChI is InChI=1S/C14H20N4O4/c1-10-9-16(2)6-7-17(10)14(19)15-12-5-4-11(18(20)21)8-13(12)22-3/h4-5,8,10H,6-7,9H2,1-3H3,(H,15,19). The lowest BCUT2D eigenvalue weighted by Gasteiger charge is -2.38. The number of anilines is 1. The van der Waals surface area contributed by atoms with Gasteiger partial charge in [0.05, 0.1) is 23.8 Å². The lowest BCUT2D eigenvalue weighted by Crippen LogP contribution is -2.53. The predicted octanol–water partition coefficient (Wildman–Crippen LogP) is 1.77. The summed E-state index contributed by atoms with van der Waals surface area (Å²) >= 11 is 0. The van der Waals surface area contributed by atoms with Crippen LogP contribution in [0.25, 0.3) is 0 Å². The summed E-state index contributed by atoms with van der Waals surface area (Å²) < 4.78 is 5.12. The summed E-state index contributed by atoms with van der Waals surface area (Å²) in [7, 11) is 3.43. The highest BCUT2D eigenvalue weighted by atomic mass is 16.6. The molecule has 1 saturated heterocycles. The number of likely N-dealkylation sites (N-methyl/N-ethyl adjacent to an activating group) is 1. The zero-order valence-electron chi connectivity index (χ0n) is 12.9. The van der Waals surface area contributed by atoms with E-state index in [0.717, 1.165) is 13.1 Å². The quantitative estimate of drug-likeness (QED) is 0.679. The molecule has 1 aromatic rings. The second kappa shape index (κ2) is 6.61. The number of methoxy groups -OCH3 is 1. The van der Waals surface area contributed by atoms with Gasteiger partial charge >= 0.3 is 6.03 Å². The molecule has 1 aliphatic heterocycles. The Balaban J connectivity index is 2.13. The Morgan fingerprint density at radius 3 is 2.77 bits per heavy atom. The van der Waals surface area contributed by atoms with Crippen LogP contribution in [0, 0.1) is 10.1 Å². The first-order valence-corrected chi connectivity index (χ1v) is 7.01. The number of nitro benzene ring substituents is 1. The summed E-state index contributed by atoms with van der Waals surface area (Å²) in [5.74, 6) is 0.268. The van der Waals surface area contributed by atoms with Crippen molar-refractivity contribution in [3.63, 3.8) is 0 Å². The molecule has 0 bridgehead atoms. The minimum absolute atomic E-state index is 0.0807. The molecule has 2 rings (SSSR count). The molecule has 1 atom stereocenters. The van der Waals surface area contributed by atoms with Crippen LogP contribution in [0.1, 0.15) is 6.92 Å². The number of rotatable bonds is 3. The lowest BCUT2D eigenvalue weighted by atomic mass is 10.2. The Labute approximate surface area is 128 Å². The normalized spacial score (nSPS) is 18.9. The molecule has 0 radical (unpaired) electrons. The van der Waals surface area contributed by atoms with Gasteiger partial charge < -0.3 is 19.9 Å². The summed E-state index contributed by atoms with van der Waals surface area (Å²) in [5, 5.41) is 13.5. The first-order chi connectivity index (χ1) is 10.4. The molecule has 0 aliphatic carbocycles. The van der Waals surface area contributed by atoms with Gasteiger partial charge in [0.2, 0.25) is 0 Å². The molecular formula is C14H20N4O4. The summed E-state index contributed by atoms with van der Waals surface area (Å²) in [5.41, 5.74) is 0.340. The van der Waals surface area contributed by atoms with E-state index in [2.05, 4.69) is 10.2 Å². The van der Waals surface area contributed by atoms with Crippen molar-refractivity contribution < 1.29 is 14.5 Å². The number of hydrogen-bond donors (Lipinski definition) is 1. The van der Waals surface area contributed by atoms with Crippen LogP contribution in [0.3, 0.4) is 0 Å². The van der Waals surface area contributed by atoms with E-state index in [1.54, 1.807) is 4.90 Å². The van der Waals surface area contributed by atoms with E-state index in [9.17, 15) is 14.9 Å². The summed E-state index contributed by atoms with van der Waals surface area (Å²) in [6, 6.07) is 3.99. The van der Waals surface area contributed by atoms with Crippen molar-refractivity contribution in [2.75, 3.05) is 39.1 Å². The smallest absolute Gasteiger partial charge is 0.322 e. The van der Waals surface area contributed by atoms with Crippen molar-refractivity contribution in [3.8, 4) is 5.75 Å². The van der Waals surface area contributed by atoms with Gasteiger partial charge in [-0.3, -0.25) is 10.1 Å². The maximum absolute atomic E-state index is 12.4. The number of piperazine rings is 1. The molecule has 22 heavy (non-hydrogen) atoms. The van der Waals surface area contributed by atoms with Crippen molar-refractivity contribution in [2.24, 2.45) is 0 Å². The number of nitro groups is 1. The van der Waals surface area contributed by atoms with Crippen LogP contribution in [0.15, 0.2) is 18.2 Å². The van der Waals surface area contributed by atoms with Crippen molar-refractivity contribution >= 4 is 17.4 Å². The molecule has 2 amide bonds. The average molecular weight is 308 g/mol. The summed E-state index contributed by atoms with van der Waals surface area (Å²) in [6.07, 6.45) is 0. The van der Waals surface area contributed by atoms with Gasteiger partial charge in [-0.25, -0.2) is 4.79 Å². The third-order valence-electron chi connectivity index (χ3n) is 3.73. The SMILES string of the molecule is COc1cc([N+](=O)[O-])ccc1NC(=O)N1CCN(C)CC1C. The Hall–Kier alpha value is -2.35. The predicted molar refractivity (Wildman–Crippen MR) is 82.3 cm³/mol. The number of amides is 2. The van der Waals surface area contributed by atoms with Crippen LogP contribution >= 0.6 is 0 Å². The molecule has 1 aliphatic rings. The molecule has 1 aromatic carbocycles. The topological polar surface area (TPSA) is 87.9 Å². The highest BCUT2D eigenvalue weighted by Crippen LogP contribution is 2.29. The summed E-state index contributed by atoms with van der Waals surface area (Å²) in [6.45, 7) is 4.25. The highest BCUT2D eigenvalue weighted by Gasteiger charge is 2.26. The Morgan fingerprint density at radius 2 is 2.18 bits per heavy atom. The van der Waals surface area contributed by atoms with Crippen LogP contribution in [0.2, 0.25) is 0 Å². The van der Waals surface area contributed by atoms with Crippen LogP contribution < -0.4 is 10.1 Å². The van der Waals surface area contributed by atoms with Crippen molar-refractivity contribution in [1.29, 1.82) is 0 Å². The molecule has 120 valence electrons. The van der Waals surface area contributed by atoms with Crippen LogP contribution in [0.5, 0.6) is 5.75 Å². The number of carbonyl (C=O) groups is 1. The van der Waals surface area contributed by atoms with Gasteiger partial charge in [-0.05, 0) is 20.0 Å². The minimum Gasteiger partial charge on any atom is -0.494 e. The lowest BCUT2D eigenvalue weighted by molar-refractivity contribution is -0.384. The molecule has 0 spiro atoms. The number of non-ortho nitro benzene ring substituents is 1. The fourth-order valence-corrected chi connectivity index (χ4v) is 2.53.